The highest BCUT2D eigenvalue weighted by Crippen LogP contribution is 2.16. The fourth-order valence-corrected chi connectivity index (χ4v) is 7.38. The van der Waals surface area contributed by atoms with Crippen LogP contribution >= 0.6 is 0 Å². The Balaban J connectivity index is 4.20. The van der Waals surface area contributed by atoms with E-state index in [9.17, 15) is 14.4 Å². The zero-order valence-electron chi connectivity index (χ0n) is 37.2. The molecule has 326 valence electrons. The van der Waals surface area contributed by atoms with Gasteiger partial charge in [-0.25, -0.2) is 0 Å². The first kappa shape index (κ1) is 53.4. The average Bonchev–Trinajstić information content (AvgIpc) is 3.18. The summed E-state index contributed by atoms with van der Waals surface area (Å²) in [6.45, 7) is 6.63. The maximum atomic E-state index is 12.7. The predicted molar refractivity (Wildman–Crippen MR) is 233 cm³/mol. The van der Waals surface area contributed by atoms with Gasteiger partial charge in [-0.3, -0.25) is 14.4 Å². The second-order valence-electron chi connectivity index (χ2n) is 16.7. The van der Waals surface area contributed by atoms with E-state index in [1.807, 2.05) is 0 Å². The molecule has 55 heavy (non-hydrogen) atoms. The van der Waals surface area contributed by atoms with E-state index in [0.717, 1.165) is 57.8 Å². The smallest absolute Gasteiger partial charge is 0.306 e. The van der Waals surface area contributed by atoms with Crippen LogP contribution in [0.2, 0.25) is 0 Å². The van der Waals surface area contributed by atoms with Crippen LogP contribution in [0.15, 0.2) is 0 Å². The molecule has 0 radical (unpaired) electrons. The lowest BCUT2D eigenvalue weighted by Crippen LogP contribution is -2.30. The first-order chi connectivity index (χ1) is 27.0. The molecule has 0 heterocycles. The number of rotatable bonds is 45. The largest absolute Gasteiger partial charge is 0.462 e. The van der Waals surface area contributed by atoms with Crippen LogP contribution in [0, 0.1) is 0 Å². The summed E-state index contributed by atoms with van der Waals surface area (Å²) in [5, 5.41) is 0. The fourth-order valence-electron chi connectivity index (χ4n) is 7.38. The minimum atomic E-state index is -0.757. The molecule has 0 aliphatic carbocycles. The van der Waals surface area contributed by atoms with Gasteiger partial charge in [0.25, 0.3) is 0 Å². The van der Waals surface area contributed by atoms with Crippen LogP contribution in [-0.4, -0.2) is 37.2 Å². The van der Waals surface area contributed by atoms with Crippen LogP contribution in [0.5, 0.6) is 0 Å². The van der Waals surface area contributed by atoms with Crippen molar-refractivity contribution in [3.05, 3.63) is 0 Å². The van der Waals surface area contributed by atoms with E-state index in [1.54, 1.807) is 0 Å². The third kappa shape index (κ3) is 43.4. The summed E-state index contributed by atoms with van der Waals surface area (Å²) in [6.07, 6.45) is 46.7. The van der Waals surface area contributed by atoms with Crippen molar-refractivity contribution in [2.75, 3.05) is 13.2 Å². The van der Waals surface area contributed by atoms with Crippen molar-refractivity contribution < 1.29 is 28.6 Å². The molecule has 0 aromatic rings. The molecule has 6 nitrogen and oxygen atoms in total. The second kappa shape index (κ2) is 45.1. The molecular weight excluding hydrogens is 685 g/mol. The lowest BCUT2D eigenvalue weighted by Gasteiger charge is -2.18. The van der Waals surface area contributed by atoms with Gasteiger partial charge in [0, 0.05) is 19.3 Å². The third-order valence-corrected chi connectivity index (χ3v) is 11.1. The molecule has 0 spiro atoms. The Morgan fingerprint density at radius 2 is 0.491 bits per heavy atom. The summed E-state index contributed by atoms with van der Waals surface area (Å²) in [6, 6.07) is 0. The van der Waals surface area contributed by atoms with Gasteiger partial charge in [0.15, 0.2) is 6.10 Å². The molecular formula is C49H94O6. The number of esters is 3. The first-order valence-electron chi connectivity index (χ1n) is 24.5. The van der Waals surface area contributed by atoms with Gasteiger partial charge in [-0.05, 0) is 19.3 Å². The van der Waals surface area contributed by atoms with Gasteiger partial charge in [0.05, 0.1) is 0 Å². The number of hydrogen-bond acceptors (Lipinski definition) is 6. The molecule has 0 aromatic carbocycles. The Labute approximate surface area is 342 Å². The van der Waals surface area contributed by atoms with E-state index in [-0.39, 0.29) is 31.1 Å². The molecule has 0 N–H and O–H groups in total. The predicted octanol–water partition coefficient (Wildman–Crippen LogP) is 15.6. The van der Waals surface area contributed by atoms with Gasteiger partial charge in [0.1, 0.15) is 13.2 Å². The molecule has 0 saturated heterocycles. The van der Waals surface area contributed by atoms with Crippen molar-refractivity contribution in [3.8, 4) is 0 Å². The molecule has 0 aromatic heterocycles. The number of hydrogen-bond donors (Lipinski definition) is 0. The lowest BCUT2D eigenvalue weighted by molar-refractivity contribution is -0.167. The summed E-state index contributed by atoms with van der Waals surface area (Å²) in [7, 11) is 0. The molecule has 0 saturated carbocycles. The van der Waals surface area contributed by atoms with E-state index < -0.39 is 6.10 Å². The van der Waals surface area contributed by atoms with Crippen LogP contribution in [-0.2, 0) is 28.6 Å². The van der Waals surface area contributed by atoms with Gasteiger partial charge < -0.3 is 14.2 Å². The van der Waals surface area contributed by atoms with Crippen molar-refractivity contribution in [1.29, 1.82) is 0 Å². The molecule has 1 atom stereocenters. The number of ether oxygens (including phenoxy) is 3. The molecule has 0 bridgehead atoms. The van der Waals surface area contributed by atoms with Crippen LogP contribution in [0.4, 0.5) is 0 Å². The van der Waals surface area contributed by atoms with E-state index >= 15 is 0 Å². The van der Waals surface area contributed by atoms with Crippen LogP contribution in [0.3, 0.4) is 0 Å². The Kier molecular flexibility index (Phi) is 43.8. The van der Waals surface area contributed by atoms with Gasteiger partial charge in [-0.2, -0.15) is 0 Å². The Hall–Kier alpha value is -1.59. The van der Waals surface area contributed by atoms with Gasteiger partial charge >= 0.3 is 17.9 Å². The van der Waals surface area contributed by atoms with Crippen molar-refractivity contribution >= 4 is 17.9 Å². The van der Waals surface area contributed by atoms with Crippen molar-refractivity contribution in [1.82, 2.24) is 0 Å². The van der Waals surface area contributed by atoms with E-state index in [4.69, 9.17) is 14.2 Å². The summed E-state index contributed by atoms with van der Waals surface area (Å²) in [5.74, 6) is -0.853. The molecule has 0 rings (SSSR count). The van der Waals surface area contributed by atoms with E-state index in [2.05, 4.69) is 20.8 Å². The van der Waals surface area contributed by atoms with E-state index in [0.29, 0.717) is 19.3 Å². The van der Waals surface area contributed by atoms with Crippen molar-refractivity contribution in [3.63, 3.8) is 0 Å². The zero-order valence-corrected chi connectivity index (χ0v) is 37.2. The summed E-state index contributed by atoms with van der Waals surface area (Å²) in [5.41, 5.74) is 0. The highest BCUT2D eigenvalue weighted by atomic mass is 16.6. The topological polar surface area (TPSA) is 78.9 Å². The van der Waals surface area contributed by atoms with Gasteiger partial charge in [-0.1, -0.05) is 239 Å². The van der Waals surface area contributed by atoms with E-state index in [1.165, 1.54) is 180 Å². The number of carbonyl (C=O) groups excluding carboxylic acids is 3. The lowest BCUT2D eigenvalue weighted by atomic mass is 10.0. The first-order valence-corrected chi connectivity index (χ1v) is 24.5. The van der Waals surface area contributed by atoms with Crippen molar-refractivity contribution in [2.24, 2.45) is 0 Å². The van der Waals surface area contributed by atoms with Gasteiger partial charge in [0.2, 0.25) is 0 Å². The highest BCUT2D eigenvalue weighted by Gasteiger charge is 2.19. The molecule has 6 heteroatoms. The standard InChI is InChI=1S/C49H94O6/c1-4-7-10-13-16-18-20-22-23-24-25-27-28-30-33-36-39-42-48(51)54-45-46(44-53-47(50)41-38-35-32-15-12-9-6-3)55-49(52)43-40-37-34-31-29-26-21-19-17-14-11-8-5-2/h46H,4-45H2,1-3H3. The fraction of sp³-hybridized carbons (Fsp3) is 0.939. The summed E-state index contributed by atoms with van der Waals surface area (Å²) < 4.78 is 16.7. The molecule has 0 fully saturated rings. The average molecular weight is 779 g/mol. The maximum Gasteiger partial charge on any atom is 0.306 e. The Morgan fingerprint density at radius 3 is 0.727 bits per heavy atom. The zero-order chi connectivity index (χ0) is 40.1. The Bertz CT molecular complexity index is 813. The van der Waals surface area contributed by atoms with Gasteiger partial charge in [-0.15, -0.1) is 0 Å². The monoisotopic (exact) mass is 779 g/mol. The minimum Gasteiger partial charge on any atom is -0.462 e. The minimum absolute atomic E-state index is 0.0627. The molecule has 0 aliphatic rings. The van der Waals surface area contributed by atoms with Crippen molar-refractivity contribution in [2.45, 2.75) is 284 Å². The Morgan fingerprint density at radius 1 is 0.291 bits per heavy atom. The summed E-state index contributed by atoms with van der Waals surface area (Å²) in [4.78, 5) is 37.7. The SMILES string of the molecule is CCCCCCCCCCCCCCCCCCCC(=O)OCC(COC(=O)CCCCCCCCC)OC(=O)CCCCCCCCCCCCCCC. The third-order valence-electron chi connectivity index (χ3n) is 11.1. The van der Waals surface area contributed by atoms with Crippen LogP contribution in [0.25, 0.3) is 0 Å². The molecule has 0 aliphatic heterocycles. The normalized spacial score (nSPS) is 11.8. The molecule has 0 amide bonds. The highest BCUT2D eigenvalue weighted by molar-refractivity contribution is 5.71. The second-order valence-corrected chi connectivity index (χ2v) is 16.7. The number of carbonyl (C=O) groups is 3. The number of unbranched alkanes of at least 4 members (excludes halogenated alkanes) is 34. The van der Waals surface area contributed by atoms with Crippen LogP contribution < -0.4 is 0 Å². The maximum absolute atomic E-state index is 12.7. The van der Waals surface area contributed by atoms with Crippen LogP contribution in [0.1, 0.15) is 278 Å². The molecule has 1 unspecified atom stereocenters. The quantitative estimate of drug-likeness (QED) is 0.0348. The summed E-state index contributed by atoms with van der Waals surface area (Å²) >= 11 is 0.